The molecule has 0 N–H and O–H groups in total. The van der Waals surface area contributed by atoms with Crippen molar-refractivity contribution in [2.45, 2.75) is 37.7 Å². The number of hydrogen-bond donors (Lipinski definition) is 0. The lowest BCUT2D eigenvalue weighted by molar-refractivity contribution is 0.0429. The minimum absolute atomic E-state index is 0.0272. The van der Waals surface area contributed by atoms with Crippen LogP contribution in [0.2, 0.25) is 5.02 Å². The van der Waals surface area contributed by atoms with Crippen LogP contribution in [0.5, 0.6) is 0 Å². The van der Waals surface area contributed by atoms with E-state index in [1.165, 1.54) is 22.5 Å². The molecule has 4 rings (SSSR count). The normalized spacial score (nSPS) is 13.5. The lowest BCUT2D eigenvalue weighted by atomic mass is 10.2. The fourth-order valence-electron chi connectivity index (χ4n) is 3.28. The Morgan fingerprint density at radius 3 is 2.77 bits per heavy atom. The highest BCUT2D eigenvalue weighted by atomic mass is 35.5. The van der Waals surface area contributed by atoms with E-state index in [0.29, 0.717) is 24.5 Å². The van der Waals surface area contributed by atoms with Gasteiger partial charge in [-0.25, -0.2) is 13.2 Å². The van der Waals surface area contributed by atoms with E-state index in [-0.39, 0.29) is 33.9 Å². The van der Waals surface area contributed by atoms with Crippen LogP contribution in [0.1, 0.15) is 47.4 Å². The first-order valence-corrected chi connectivity index (χ1v) is 11.5. The number of rotatable bonds is 6. The summed E-state index contributed by atoms with van der Waals surface area (Å²) in [5, 5.41) is 3.83. The topological polar surface area (TPSA) is 103 Å². The molecule has 0 unspecified atom stereocenters. The zero-order valence-corrected chi connectivity index (χ0v) is 18.5. The standard InChI is InChI=1S/C21H20ClN3O5S/c1-13(2)20-23-19(30-24-20)12-29-21(26)15-7-8-16(22)18(11-15)31(27,28)25-10-9-14-5-3-4-6-17(14)25/h3-8,11,13H,9-10,12H2,1-2H3. The summed E-state index contributed by atoms with van der Waals surface area (Å²) in [6.45, 7) is 3.91. The first-order chi connectivity index (χ1) is 14.8. The van der Waals surface area contributed by atoms with Crippen LogP contribution < -0.4 is 4.31 Å². The van der Waals surface area contributed by atoms with Gasteiger partial charge in [0.05, 0.1) is 16.3 Å². The Morgan fingerprint density at radius 2 is 2.03 bits per heavy atom. The molecule has 1 aromatic heterocycles. The zero-order chi connectivity index (χ0) is 22.2. The summed E-state index contributed by atoms with van der Waals surface area (Å²) in [4.78, 5) is 16.5. The van der Waals surface area contributed by atoms with E-state index in [0.717, 1.165) is 5.56 Å². The number of halogens is 1. The van der Waals surface area contributed by atoms with Gasteiger partial charge in [-0.1, -0.05) is 48.8 Å². The van der Waals surface area contributed by atoms with Crippen LogP contribution in [-0.2, 0) is 27.8 Å². The molecule has 0 radical (unpaired) electrons. The number of para-hydroxylation sites is 1. The molecule has 0 bridgehead atoms. The second kappa shape index (κ2) is 8.32. The Labute approximate surface area is 184 Å². The SMILES string of the molecule is CC(C)c1noc(COC(=O)c2ccc(Cl)c(S(=O)(=O)N3CCc4ccccc43)c2)n1. The van der Waals surface area contributed by atoms with Crippen LogP contribution >= 0.6 is 11.6 Å². The molecule has 0 amide bonds. The van der Waals surface area contributed by atoms with Crippen LogP contribution in [0.25, 0.3) is 0 Å². The molecule has 0 aliphatic carbocycles. The van der Waals surface area contributed by atoms with Crippen molar-refractivity contribution in [2.75, 3.05) is 10.8 Å². The molecule has 3 aromatic rings. The van der Waals surface area contributed by atoms with Gasteiger partial charge in [-0.2, -0.15) is 4.98 Å². The van der Waals surface area contributed by atoms with Crippen LogP contribution in [0, 0.1) is 0 Å². The van der Waals surface area contributed by atoms with Crippen molar-refractivity contribution < 1.29 is 22.5 Å². The third-order valence-corrected chi connectivity index (χ3v) is 7.20. The van der Waals surface area contributed by atoms with E-state index in [9.17, 15) is 13.2 Å². The van der Waals surface area contributed by atoms with Crippen molar-refractivity contribution in [3.8, 4) is 0 Å². The number of sulfonamides is 1. The number of hydrogen-bond acceptors (Lipinski definition) is 7. The first kappa shape index (κ1) is 21.3. The van der Waals surface area contributed by atoms with Crippen LogP contribution in [0.3, 0.4) is 0 Å². The fraction of sp³-hybridized carbons (Fsp3) is 0.286. The van der Waals surface area contributed by atoms with Gasteiger partial charge in [0.2, 0.25) is 0 Å². The molecular weight excluding hydrogens is 442 g/mol. The van der Waals surface area contributed by atoms with Gasteiger partial charge >= 0.3 is 5.97 Å². The number of fused-ring (bicyclic) bond motifs is 1. The van der Waals surface area contributed by atoms with Gasteiger partial charge in [0.25, 0.3) is 15.9 Å². The number of ether oxygens (including phenoxy) is 1. The minimum atomic E-state index is -3.96. The molecule has 31 heavy (non-hydrogen) atoms. The Kier molecular flexibility index (Phi) is 5.72. The molecule has 10 heteroatoms. The van der Waals surface area contributed by atoms with Crippen molar-refractivity contribution in [1.29, 1.82) is 0 Å². The maximum Gasteiger partial charge on any atom is 0.338 e. The summed E-state index contributed by atoms with van der Waals surface area (Å²) in [6, 6.07) is 11.3. The molecule has 2 heterocycles. The predicted molar refractivity (Wildman–Crippen MR) is 114 cm³/mol. The van der Waals surface area contributed by atoms with E-state index in [4.69, 9.17) is 20.9 Å². The van der Waals surface area contributed by atoms with Crippen molar-refractivity contribution >= 4 is 33.3 Å². The number of aromatic nitrogens is 2. The third-order valence-electron chi connectivity index (χ3n) is 4.91. The van der Waals surface area contributed by atoms with Crippen LogP contribution in [-0.4, -0.2) is 31.1 Å². The highest BCUT2D eigenvalue weighted by Gasteiger charge is 2.32. The second-order valence-electron chi connectivity index (χ2n) is 7.38. The van der Waals surface area contributed by atoms with Gasteiger partial charge in [0.15, 0.2) is 12.4 Å². The van der Waals surface area contributed by atoms with E-state index in [1.54, 1.807) is 12.1 Å². The number of carbonyl (C=O) groups is 1. The molecule has 0 saturated carbocycles. The molecule has 2 aromatic carbocycles. The monoisotopic (exact) mass is 461 g/mol. The molecule has 1 aliphatic heterocycles. The molecule has 162 valence electrons. The molecule has 0 saturated heterocycles. The van der Waals surface area contributed by atoms with Crippen molar-refractivity contribution in [3.63, 3.8) is 0 Å². The van der Waals surface area contributed by atoms with Gasteiger partial charge in [-0.05, 0) is 36.2 Å². The first-order valence-electron chi connectivity index (χ1n) is 9.67. The molecule has 0 spiro atoms. The molecule has 0 fully saturated rings. The Hall–Kier alpha value is -2.91. The maximum absolute atomic E-state index is 13.3. The molecule has 0 atom stereocenters. The summed E-state index contributed by atoms with van der Waals surface area (Å²) in [7, 11) is -3.96. The van der Waals surface area contributed by atoms with E-state index in [1.807, 2.05) is 26.0 Å². The minimum Gasteiger partial charge on any atom is -0.452 e. The maximum atomic E-state index is 13.3. The Bertz CT molecular complexity index is 1240. The number of anilines is 1. The average molecular weight is 462 g/mol. The third kappa shape index (κ3) is 4.15. The summed E-state index contributed by atoms with van der Waals surface area (Å²) >= 11 is 6.21. The van der Waals surface area contributed by atoms with E-state index < -0.39 is 16.0 Å². The lowest BCUT2D eigenvalue weighted by Crippen LogP contribution is -2.29. The van der Waals surface area contributed by atoms with Gasteiger partial charge in [0.1, 0.15) is 4.90 Å². The van der Waals surface area contributed by atoms with Crippen molar-refractivity contribution in [3.05, 3.63) is 70.3 Å². The van der Waals surface area contributed by atoms with Crippen LogP contribution in [0.15, 0.2) is 51.9 Å². The highest BCUT2D eigenvalue weighted by Crippen LogP contribution is 2.35. The Balaban J connectivity index is 1.56. The quantitative estimate of drug-likeness (QED) is 0.512. The summed E-state index contributed by atoms with van der Waals surface area (Å²) in [6.07, 6.45) is 0.608. The van der Waals surface area contributed by atoms with E-state index in [2.05, 4.69) is 10.1 Å². The molecule has 8 nitrogen and oxygen atoms in total. The number of nitrogens with zero attached hydrogens (tertiary/aromatic N) is 3. The molecule has 1 aliphatic rings. The average Bonchev–Trinajstić information content (AvgIpc) is 3.40. The lowest BCUT2D eigenvalue weighted by Gasteiger charge is -2.20. The smallest absolute Gasteiger partial charge is 0.338 e. The van der Waals surface area contributed by atoms with Crippen LogP contribution in [0.4, 0.5) is 5.69 Å². The van der Waals surface area contributed by atoms with E-state index >= 15 is 0 Å². The summed E-state index contributed by atoms with van der Waals surface area (Å²) in [5.41, 5.74) is 1.61. The largest absolute Gasteiger partial charge is 0.452 e. The second-order valence-corrected chi connectivity index (χ2v) is 9.62. The highest BCUT2D eigenvalue weighted by molar-refractivity contribution is 7.93. The van der Waals surface area contributed by atoms with Gasteiger partial charge < -0.3 is 9.26 Å². The fourth-order valence-corrected chi connectivity index (χ4v) is 5.28. The summed E-state index contributed by atoms with van der Waals surface area (Å²) in [5.74, 6) is 0.0246. The number of carbonyl (C=O) groups excluding carboxylic acids is 1. The summed E-state index contributed by atoms with van der Waals surface area (Å²) < 4.78 is 38.2. The van der Waals surface area contributed by atoms with Gasteiger partial charge in [-0.15, -0.1) is 0 Å². The Morgan fingerprint density at radius 1 is 1.26 bits per heavy atom. The molecular formula is C21H20ClN3O5S. The van der Waals surface area contributed by atoms with Crippen molar-refractivity contribution in [1.82, 2.24) is 10.1 Å². The van der Waals surface area contributed by atoms with Gasteiger partial charge in [0, 0.05) is 12.5 Å². The predicted octanol–water partition coefficient (Wildman–Crippen LogP) is 3.95. The number of esters is 1. The van der Waals surface area contributed by atoms with Gasteiger partial charge in [-0.3, -0.25) is 4.31 Å². The zero-order valence-electron chi connectivity index (χ0n) is 16.9. The van der Waals surface area contributed by atoms with Crippen molar-refractivity contribution in [2.24, 2.45) is 0 Å². The number of benzene rings is 2.